The predicted octanol–water partition coefficient (Wildman–Crippen LogP) is 8.72. The van der Waals surface area contributed by atoms with Crippen LogP contribution in [-0.2, 0) is 0 Å². The Morgan fingerprint density at radius 3 is 1.94 bits per heavy atom. The molecule has 1 heterocycles. The third kappa shape index (κ3) is 2.79. The lowest BCUT2D eigenvalue weighted by Crippen LogP contribution is -1.99. The summed E-state index contributed by atoms with van der Waals surface area (Å²) in [6, 6.07) is 39.6. The minimum Gasteiger partial charge on any atom is -0.456 e. The molecule has 1 aromatic heterocycles. The summed E-state index contributed by atoms with van der Waals surface area (Å²) < 4.78 is 6.08. The summed E-state index contributed by atoms with van der Waals surface area (Å²) in [7, 11) is 0. The summed E-state index contributed by atoms with van der Waals surface area (Å²) in [5.41, 5.74) is 12.4. The average Bonchev–Trinajstić information content (AvgIpc) is 3.39. The lowest BCUT2D eigenvalue weighted by molar-refractivity contribution is 0.669. The minimum atomic E-state index is 0.262. The Morgan fingerprint density at radius 1 is 0.545 bits per heavy atom. The van der Waals surface area contributed by atoms with Gasteiger partial charge in [-0.1, -0.05) is 90.5 Å². The molecule has 0 saturated heterocycles. The van der Waals surface area contributed by atoms with Gasteiger partial charge in [-0.05, 0) is 70.1 Å². The fraction of sp³-hybridized carbons (Fsp3) is 0.0625. The molecule has 1 aliphatic rings. The summed E-state index contributed by atoms with van der Waals surface area (Å²) in [5, 5.41) is 2.36. The van der Waals surface area contributed by atoms with Gasteiger partial charge in [0.25, 0.3) is 0 Å². The first-order valence-electron chi connectivity index (χ1n) is 11.5. The molecule has 0 saturated carbocycles. The Balaban J connectivity index is 1.39. The van der Waals surface area contributed by atoms with Crippen molar-refractivity contribution in [3.8, 4) is 22.3 Å². The molecule has 0 radical (unpaired) electrons. The van der Waals surface area contributed by atoms with E-state index in [4.69, 9.17) is 4.42 Å². The van der Waals surface area contributed by atoms with Crippen LogP contribution in [0.3, 0.4) is 0 Å². The van der Waals surface area contributed by atoms with Gasteiger partial charge in [0, 0.05) is 16.7 Å². The number of rotatable bonds is 2. The molecule has 1 aliphatic carbocycles. The molecule has 1 nitrogen and oxygen atoms in total. The Bertz CT molecular complexity index is 1640. The van der Waals surface area contributed by atoms with Crippen LogP contribution in [0.15, 0.2) is 114 Å². The fourth-order valence-corrected chi connectivity index (χ4v) is 5.48. The van der Waals surface area contributed by atoms with Crippen LogP contribution in [0.2, 0.25) is 0 Å². The van der Waals surface area contributed by atoms with Crippen molar-refractivity contribution in [3.63, 3.8) is 0 Å². The van der Waals surface area contributed by atoms with Crippen LogP contribution >= 0.6 is 0 Å². The maximum Gasteiger partial charge on any atom is 0.135 e. The molecule has 0 bridgehead atoms. The zero-order valence-corrected chi connectivity index (χ0v) is 18.4. The molecule has 0 unspecified atom stereocenters. The van der Waals surface area contributed by atoms with Crippen molar-refractivity contribution >= 4 is 21.9 Å². The van der Waals surface area contributed by atoms with E-state index in [-0.39, 0.29) is 5.92 Å². The molecule has 6 aromatic rings. The van der Waals surface area contributed by atoms with Crippen LogP contribution in [0, 0.1) is 6.92 Å². The highest BCUT2D eigenvalue weighted by Crippen LogP contribution is 2.48. The Labute approximate surface area is 192 Å². The second-order valence-electron chi connectivity index (χ2n) is 9.05. The van der Waals surface area contributed by atoms with E-state index in [9.17, 15) is 0 Å². The Morgan fingerprint density at radius 2 is 1.18 bits per heavy atom. The summed E-state index contributed by atoms with van der Waals surface area (Å²) in [6.45, 7) is 2.13. The van der Waals surface area contributed by atoms with E-state index in [0.717, 1.165) is 11.2 Å². The quantitative estimate of drug-likeness (QED) is 0.271. The van der Waals surface area contributed by atoms with Gasteiger partial charge in [-0.2, -0.15) is 0 Å². The highest BCUT2D eigenvalue weighted by atomic mass is 16.3. The van der Waals surface area contributed by atoms with Crippen LogP contribution in [0.5, 0.6) is 0 Å². The molecule has 0 spiro atoms. The van der Waals surface area contributed by atoms with Crippen LogP contribution in [-0.4, -0.2) is 0 Å². The lowest BCUT2D eigenvalue weighted by atomic mass is 9.87. The molecular weight excluding hydrogens is 400 g/mol. The van der Waals surface area contributed by atoms with Crippen LogP contribution in [0.1, 0.15) is 28.2 Å². The zero-order chi connectivity index (χ0) is 21.9. The first-order valence-corrected chi connectivity index (χ1v) is 11.5. The number of aryl methyl sites for hydroxylation is 1. The van der Waals surface area contributed by atoms with Crippen molar-refractivity contribution in [2.45, 2.75) is 12.8 Å². The van der Waals surface area contributed by atoms with Gasteiger partial charge >= 0.3 is 0 Å². The molecule has 7 rings (SSSR count). The van der Waals surface area contributed by atoms with Gasteiger partial charge in [-0.15, -0.1) is 0 Å². The second-order valence-corrected chi connectivity index (χ2v) is 9.05. The normalized spacial score (nSPS) is 12.9. The van der Waals surface area contributed by atoms with Gasteiger partial charge in [0.2, 0.25) is 0 Å². The number of hydrogen-bond acceptors (Lipinski definition) is 1. The Hall–Kier alpha value is -4.10. The molecule has 33 heavy (non-hydrogen) atoms. The predicted molar refractivity (Wildman–Crippen MR) is 137 cm³/mol. The first kappa shape index (κ1) is 18.5. The summed E-state index contributed by atoms with van der Waals surface area (Å²) in [6.07, 6.45) is 0. The van der Waals surface area contributed by atoms with Gasteiger partial charge in [-0.25, -0.2) is 0 Å². The van der Waals surface area contributed by atoms with E-state index < -0.39 is 0 Å². The zero-order valence-electron chi connectivity index (χ0n) is 18.4. The molecule has 0 aliphatic heterocycles. The van der Waals surface area contributed by atoms with Crippen LogP contribution < -0.4 is 0 Å². The van der Waals surface area contributed by atoms with Gasteiger partial charge in [0.1, 0.15) is 11.2 Å². The highest BCUT2D eigenvalue weighted by molar-refractivity contribution is 6.06. The molecular formula is C32H22O. The maximum absolute atomic E-state index is 6.08. The number of furan rings is 1. The standard InChI is InChI=1S/C32H22O/c1-20-13-15-30-28(17-20)29-19-22(14-16-31(29)33-30)21-7-6-8-23(18-21)32-26-11-4-2-9-24(26)25-10-3-5-12-27(25)32/h2-19,32H,1H3. The van der Waals surface area contributed by atoms with Crippen molar-refractivity contribution in [2.24, 2.45) is 0 Å². The lowest BCUT2D eigenvalue weighted by Gasteiger charge is -2.16. The third-order valence-electron chi connectivity index (χ3n) is 7.01. The van der Waals surface area contributed by atoms with Crippen molar-refractivity contribution in [2.75, 3.05) is 0 Å². The summed E-state index contributed by atoms with van der Waals surface area (Å²) in [4.78, 5) is 0. The molecule has 0 amide bonds. The van der Waals surface area contributed by atoms with E-state index in [2.05, 4.69) is 116 Å². The number of fused-ring (bicyclic) bond motifs is 6. The van der Waals surface area contributed by atoms with Crippen LogP contribution in [0.25, 0.3) is 44.2 Å². The molecule has 156 valence electrons. The minimum absolute atomic E-state index is 0.262. The monoisotopic (exact) mass is 422 g/mol. The maximum atomic E-state index is 6.08. The van der Waals surface area contributed by atoms with E-state index in [1.807, 2.05) is 0 Å². The summed E-state index contributed by atoms with van der Waals surface area (Å²) in [5.74, 6) is 0.262. The SMILES string of the molecule is Cc1ccc2oc3ccc(-c4cccc(C5c6ccccc6-c6ccccc65)c4)cc3c2c1. The molecule has 0 N–H and O–H groups in total. The van der Waals surface area contributed by atoms with E-state index in [1.165, 1.54) is 55.3 Å². The topological polar surface area (TPSA) is 13.1 Å². The van der Waals surface area contributed by atoms with E-state index >= 15 is 0 Å². The van der Waals surface area contributed by atoms with Gasteiger partial charge in [0.15, 0.2) is 0 Å². The van der Waals surface area contributed by atoms with Gasteiger partial charge < -0.3 is 4.42 Å². The first-order chi connectivity index (χ1) is 16.3. The smallest absolute Gasteiger partial charge is 0.135 e. The van der Waals surface area contributed by atoms with Crippen molar-refractivity contribution < 1.29 is 4.42 Å². The van der Waals surface area contributed by atoms with E-state index in [0.29, 0.717) is 0 Å². The molecule has 0 fully saturated rings. The van der Waals surface area contributed by atoms with Crippen LogP contribution in [0.4, 0.5) is 0 Å². The largest absolute Gasteiger partial charge is 0.456 e. The second kappa shape index (κ2) is 6.95. The Kier molecular flexibility index (Phi) is 3.89. The average molecular weight is 423 g/mol. The van der Waals surface area contributed by atoms with Gasteiger partial charge in [0.05, 0.1) is 0 Å². The van der Waals surface area contributed by atoms with Crippen molar-refractivity contribution in [3.05, 3.63) is 131 Å². The number of hydrogen-bond donors (Lipinski definition) is 0. The number of benzene rings is 5. The van der Waals surface area contributed by atoms with Crippen molar-refractivity contribution in [1.29, 1.82) is 0 Å². The molecule has 0 atom stereocenters. The van der Waals surface area contributed by atoms with E-state index in [1.54, 1.807) is 0 Å². The molecule has 1 heteroatoms. The fourth-order valence-electron chi connectivity index (χ4n) is 5.48. The third-order valence-corrected chi connectivity index (χ3v) is 7.01. The highest BCUT2D eigenvalue weighted by Gasteiger charge is 2.29. The van der Waals surface area contributed by atoms with Gasteiger partial charge in [-0.3, -0.25) is 0 Å². The van der Waals surface area contributed by atoms with Crippen molar-refractivity contribution in [1.82, 2.24) is 0 Å². The summed E-state index contributed by atoms with van der Waals surface area (Å²) >= 11 is 0. The molecule has 5 aromatic carbocycles.